The van der Waals surface area contributed by atoms with Gasteiger partial charge in [-0.2, -0.15) is 0 Å². The van der Waals surface area contributed by atoms with Gasteiger partial charge in [-0.15, -0.1) is 11.8 Å². The van der Waals surface area contributed by atoms with E-state index >= 15 is 0 Å². The van der Waals surface area contributed by atoms with Crippen LogP contribution in [0.2, 0.25) is 0 Å². The van der Waals surface area contributed by atoms with E-state index in [0.717, 1.165) is 10.5 Å². The van der Waals surface area contributed by atoms with Crippen molar-refractivity contribution in [2.24, 2.45) is 0 Å². The van der Waals surface area contributed by atoms with E-state index < -0.39 is 0 Å². The van der Waals surface area contributed by atoms with Crippen molar-refractivity contribution in [3.63, 3.8) is 0 Å². The molecule has 0 fully saturated rings. The molecule has 1 amide bonds. The molecule has 3 nitrogen and oxygen atoms in total. The van der Waals surface area contributed by atoms with E-state index in [0.29, 0.717) is 18.7 Å². The molecule has 23 heavy (non-hydrogen) atoms. The molecule has 2 N–H and O–H groups in total. The van der Waals surface area contributed by atoms with Gasteiger partial charge in [-0.3, -0.25) is 4.79 Å². The minimum atomic E-state index is 0.0226. The number of thioether (sulfide) groups is 1. The molecule has 0 bridgehead atoms. The van der Waals surface area contributed by atoms with Crippen LogP contribution in [0.25, 0.3) is 0 Å². The molecular formula is C19H23NO2S. The first-order valence-electron chi connectivity index (χ1n) is 7.81. The summed E-state index contributed by atoms with van der Waals surface area (Å²) in [7, 11) is 0. The fraction of sp³-hybridized carbons (Fsp3) is 0.316. The Morgan fingerprint density at radius 1 is 1.13 bits per heavy atom. The SMILES string of the molecule is Cc1ccc(SCC(=O)NCC(CCO)c2ccccc2)cc1. The average molecular weight is 329 g/mol. The van der Waals surface area contributed by atoms with Gasteiger partial charge in [0.15, 0.2) is 0 Å². The number of aliphatic hydroxyl groups is 1. The van der Waals surface area contributed by atoms with Crippen LogP contribution < -0.4 is 5.32 Å². The molecule has 0 spiro atoms. The van der Waals surface area contributed by atoms with Crippen LogP contribution in [-0.4, -0.2) is 29.9 Å². The van der Waals surface area contributed by atoms with Gasteiger partial charge < -0.3 is 10.4 Å². The third-order valence-electron chi connectivity index (χ3n) is 3.69. The summed E-state index contributed by atoms with van der Waals surface area (Å²) in [5.74, 6) is 0.577. The fourth-order valence-corrected chi connectivity index (χ4v) is 3.07. The third kappa shape index (κ3) is 6.08. The van der Waals surface area contributed by atoms with Crippen LogP contribution in [-0.2, 0) is 4.79 Å². The summed E-state index contributed by atoms with van der Waals surface area (Å²) in [6.45, 7) is 2.72. The molecule has 1 atom stereocenters. The first-order valence-corrected chi connectivity index (χ1v) is 8.79. The Labute approximate surface area is 142 Å². The van der Waals surface area contributed by atoms with Gasteiger partial charge in [-0.25, -0.2) is 0 Å². The van der Waals surface area contributed by atoms with Gasteiger partial charge in [0.05, 0.1) is 5.75 Å². The summed E-state index contributed by atoms with van der Waals surface area (Å²) in [6.07, 6.45) is 0.648. The zero-order chi connectivity index (χ0) is 16.5. The second-order valence-electron chi connectivity index (χ2n) is 5.53. The molecule has 0 aliphatic carbocycles. The first kappa shape index (κ1) is 17.6. The van der Waals surface area contributed by atoms with Crippen LogP contribution in [0.1, 0.15) is 23.5 Å². The highest BCUT2D eigenvalue weighted by Gasteiger charge is 2.12. The minimum absolute atomic E-state index is 0.0226. The van der Waals surface area contributed by atoms with Gasteiger partial charge in [-0.1, -0.05) is 48.0 Å². The highest BCUT2D eigenvalue weighted by Crippen LogP contribution is 2.19. The van der Waals surface area contributed by atoms with Crippen molar-refractivity contribution in [2.45, 2.75) is 24.2 Å². The molecule has 2 aromatic carbocycles. The average Bonchev–Trinajstić information content (AvgIpc) is 2.59. The van der Waals surface area contributed by atoms with Crippen molar-refractivity contribution in [2.75, 3.05) is 18.9 Å². The lowest BCUT2D eigenvalue weighted by molar-refractivity contribution is -0.118. The number of aliphatic hydroxyl groups excluding tert-OH is 1. The maximum atomic E-state index is 12.0. The highest BCUT2D eigenvalue weighted by atomic mass is 32.2. The Bertz CT molecular complexity index is 599. The van der Waals surface area contributed by atoms with E-state index in [4.69, 9.17) is 0 Å². The van der Waals surface area contributed by atoms with Gasteiger partial charge in [0, 0.05) is 24.0 Å². The van der Waals surface area contributed by atoms with Gasteiger partial charge in [-0.05, 0) is 31.0 Å². The van der Waals surface area contributed by atoms with Crippen LogP contribution >= 0.6 is 11.8 Å². The molecule has 0 radical (unpaired) electrons. The largest absolute Gasteiger partial charge is 0.396 e. The van der Waals surface area contributed by atoms with Crippen molar-refractivity contribution in [1.82, 2.24) is 5.32 Å². The van der Waals surface area contributed by atoms with Gasteiger partial charge in [0.25, 0.3) is 0 Å². The third-order valence-corrected chi connectivity index (χ3v) is 4.70. The highest BCUT2D eigenvalue weighted by molar-refractivity contribution is 8.00. The lowest BCUT2D eigenvalue weighted by Crippen LogP contribution is -2.30. The van der Waals surface area contributed by atoms with E-state index in [1.807, 2.05) is 61.5 Å². The summed E-state index contributed by atoms with van der Waals surface area (Å²) in [4.78, 5) is 13.1. The molecule has 0 saturated carbocycles. The maximum Gasteiger partial charge on any atom is 0.230 e. The summed E-state index contributed by atoms with van der Waals surface area (Å²) in [6, 6.07) is 18.2. The Morgan fingerprint density at radius 2 is 1.83 bits per heavy atom. The Kier molecular flexibility index (Phi) is 7.17. The lowest BCUT2D eigenvalue weighted by Gasteiger charge is -2.17. The molecule has 4 heteroatoms. The molecule has 2 rings (SSSR count). The number of amides is 1. The standard InChI is InChI=1S/C19H23NO2S/c1-15-7-9-18(10-8-15)23-14-19(22)20-13-17(11-12-21)16-5-3-2-4-6-16/h2-10,17,21H,11-14H2,1H3,(H,20,22). The predicted molar refractivity (Wildman–Crippen MR) is 95.8 cm³/mol. The Balaban J connectivity index is 1.80. The number of hydrogen-bond acceptors (Lipinski definition) is 3. The summed E-state index contributed by atoms with van der Waals surface area (Å²) in [5.41, 5.74) is 2.36. The number of benzene rings is 2. The number of rotatable bonds is 8. The smallest absolute Gasteiger partial charge is 0.230 e. The summed E-state index contributed by atoms with van der Waals surface area (Å²) in [5, 5.41) is 12.2. The molecule has 122 valence electrons. The molecule has 0 aromatic heterocycles. The Hall–Kier alpha value is -1.78. The van der Waals surface area contributed by atoms with Crippen molar-refractivity contribution in [1.29, 1.82) is 0 Å². The maximum absolute atomic E-state index is 12.0. The number of carbonyl (C=O) groups excluding carboxylic acids is 1. The van der Waals surface area contributed by atoms with Crippen LogP contribution in [0.3, 0.4) is 0 Å². The Morgan fingerprint density at radius 3 is 2.48 bits per heavy atom. The predicted octanol–water partition coefficient (Wildman–Crippen LogP) is 3.37. The number of hydrogen-bond donors (Lipinski definition) is 2. The van der Waals surface area contributed by atoms with Crippen molar-refractivity contribution >= 4 is 17.7 Å². The van der Waals surface area contributed by atoms with Gasteiger partial charge in [0.2, 0.25) is 5.91 Å². The van der Waals surface area contributed by atoms with Crippen molar-refractivity contribution in [3.05, 3.63) is 65.7 Å². The summed E-state index contributed by atoms with van der Waals surface area (Å²) >= 11 is 1.54. The normalized spacial score (nSPS) is 11.9. The number of aryl methyl sites for hydroxylation is 1. The molecule has 0 aliphatic heterocycles. The number of carbonyl (C=O) groups is 1. The zero-order valence-electron chi connectivity index (χ0n) is 13.4. The second-order valence-corrected chi connectivity index (χ2v) is 6.57. The molecule has 0 aliphatic rings. The fourth-order valence-electron chi connectivity index (χ4n) is 2.34. The molecule has 2 aromatic rings. The van der Waals surface area contributed by atoms with Crippen molar-refractivity contribution in [3.8, 4) is 0 Å². The van der Waals surface area contributed by atoms with Gasteiger partial charge in [0.1, 0.15) is 0 Å². The van der Waals surface area contributed by atoms with E-state index in [-0.39, 0.29) is 18.4 Å². The minimum Gasteiger partial charge on any atom is -0.396 e. The van der Waals surface area contributed by atoms with E-state index in [1.54, 1.807) is 0 Å². The zero-order valence-corrected chi connectivity index (χ0v) is 14.2. The van der Waals surface area contributed by atoms with E-state index in [1.165, 1.54) is 17.3 Å². The quantitative estimate of drug-likeness (QED) is 0.730. The molecule has 0 saturated heterocycles. The second kappa shape index (κ2) is 9.38. The van der Waals surface area contributed by atoms with E-state index in [2.05, 4.69) is 5.32 Å². The molecule has 1 unspecified atom stereocenters. The lowest BCUT2D eigenvalue weighted by atomic mass is 9.96. The van der Waals surface area contributed by atoms with Crippen LogP contribution in [0.15, 0.2) is 59.5 Å². The number of nitrogens with one attached hydrogen (secondary N) is 1. The molecule has 0 heterocycles. The monoisotopic (exact) mass is 329 g/mol. The van der Waals surface area contributed by atoms with Crippen LogP contribution in [0.5, 0.6) is 0 Å². The van der Waals surface area contributed by atoms with Crippen LogP contribution in [0, 0.1) is 6.92 Å². The van der Waals surface area contributed by atoms with E-state index in [9.17, 15) is 9.90 Å². The van der Waals surface area contributed by atoms with Crippen molar-refractivity contribution < 1.29 is 9.90 Å². The first-order chi connectivity index (χ1) is 11.2. The summed E-state index contributed by atoms with van der Waals surface area (Å²) < 4.78 is 0. The van der Waals surface area contributed by atoms with Gasteiger partial charge >= 0.3 is 0 Å². The topological polar surface area (TPSA) is 49.3 Å². The van der Waals surface area contributed by atoms with Crippen LogP contribution in [0.4, 0.5) is 0 Å². The molecular weight excluding hydrogens is 306 g/mol.